The number of hydrogen-bond acceptors (Lipinski definition) is 4. The first-order chi connectivity index (χ1) is 10.1. The van der Waals surface area contributed by atoms with Crippen molar-refractivity contribution in [2.75, 3.05) is 12.8 Å². The number of aromatic nitrogens is 2. The number of aryl methyl sites for hydroxylation is 2. The molecule has 3 rings (SSSR count). The molecule has 2 heterocycles. The molecule has 1 aromatic carbocycles. The second-order valence-corrected chi connectivity index (χ2v) is 4.87. The van der Waals surface area contributed by atoms with E-state index in [0.29, 0.717) is 11.6 Å². The largest absolute Gasteiger partial charge is 0.497 e. The zero-order valence-electron chi connectivity index (χ0n) is 12.3. The molecule has 0 fully saturated rings. The number of methoxy groups -OCH3 is 1. The van der Waals surface area contributed by atoms with Gasteiger partial charge in [-0.1, -0.05) is 12.1 Å². The Labute approximate surface area is 122 Å². The van der Waals surface area contributed by atoms with Crippen molar-refractivity contribution in [3.05, 3.63) is 42.2 Å². The van der Waals surface area contributed by atoms with Crippen LogP contribution < -0.4 is 10.5 Å². The van der Waals surface area contributed by atoms with Crippen LogP contribution in [-0.4, -0.2) is 16.9 Å². The second kappa shape index (κ2) is 5.01. The number of nitrogens with zero attached hydrogens (tertiary/aromatic N) is 2. The normalized spacial score (nSPS) is 10.8. The number of benzene rings is 1. The molecule has 0 atom stereocenters. The first-order valence-corrected chi connectivity index (χ1v) is 6.64. The molecular formula is C16H17N3O2. The molecule has 0 aliphatic carbocycles. The van der Waals surface area contributed by atoms with Gasteiger partial charge in [-0.25, -0.2) is 0 Å². The van der Waals surface area contributed by atoms with Crippen LogP contribution >= 0.6 is 0 Å². The highest BCUT2D eigenvalue weighted by atomic mass is 16.5. The van der Waals surface area contributed by atoms with E-state index >= 15 is 0 Å². The molecule has 108 valence electrons. The summed E-state index contributed by atoms with van der Waals surface area (Å²) in [5.41, 5.74) is 8.72. The molecule has 0 unspecified atom stereocenters. The molecule has 2 N–H and O–H groups in total. The maximum absolute atomic E-state index is 6.19. The van der Waals surface area contributed by atoms with Crippen LogP contribution in [0.2, 0.25) is 0 Å². The van der Waals surface area contributed by atoms with Gasteiger partial charge < -0.3 is 14.9 Å². The van der Waals surface area contributed by atoms with Crippen LogP contribution in [0.1, 0.15) is 5.76 Å². The quantitative estimate of drug-likeness (QED) is 0.801. The monoisotopic (exact) mass is 283 g/mol. The Balaban J connectivity index is 2.21. The highest BCUT2D eigenvalue weighted by Crippen LogP contribution is 2.37. The lowest BCUT2D eigenvalue weighted by Crippen LogP contribution is -1.98. The van der Waals surface area contributed by atoms with Crippen LogP contribution in [0.25, 0.3) is 22.6 Å². The molecule has 0 saturated heterocycles. The van der Waals surface area contributed by atoms with E-state index in [4.69, 9.17) is 14.9 Å². The third-order valence-electron chi connectivity index (χ3n) is 3.42. The number of hydrogen-bond donors (Lipinski definition) is 1. The number of furan rings is 1. The van der Waals surface area contributed by atoms with E-state index in [9.17, 15) is 0 Å². The summed E-state index contributed by atoms with van der Waals surface area (Å²) >= 11 is 0. The van der Waals surface area contributed by atoms with Crippen molar-refractivity contribution in [3.8, 4) is 28.3 Å². The maximum atomic E-state index is 6.19. The molecule has 2 aromatic heterocycles. The topological polar surface area (TPSA) is 66.2 Å². The van der Waals surface area contributed by atoms with Crippen LogP contribution in [0.5, 0.6) is 5.75 Å². The molecule has 21 heavy (non-hydrogen) atoms. The van der Waals surface area contributed by atoms with Crippen molar-refractivity contribution in [2.24, 2.45) is 7.05 Å². The van der Waals surface area contributed by atoms with Gasteiger partial charge in [-0.15, -0.1) is 0 Å². The van der Waals surface area contributed by atoms with E-state index in [0.717, 1.165) is 28.3 Å². The lowest BCUT2D eigenvalue weighted by atomic mass is 10.0. The minimum Gasteiger partial charge on any atom is -0.497 e. The van der Waals surface area contributed by atoms with Crippen molar-refractivity contribution < 1.29 is 9.15 Å². The van der Waals surface area contributed by atoms with Gasteiger partial charge in [0.15, 0.2) is 5.76 Å². The summed E-state index contributed by atoms with van der Waals surface area (Å²) in [4.78, 5) is 0. The van der Waals surface area contributed by atoms with Gasteiger partial charge in [0.05, 0.1) is 12.7 Å². The van der Waals surface area contributed by atoms with Gasteiger partial charge in [0.2, 0.25) is 0 Å². The Hall–Kier alpha value is -2.69. The van der Waals surface area contributed by atoms with Gasteiger partial charge in [0, 0.05) is 7.05 Å². The van der Waals surface area contributed by atoms with E-state index < -0.39 is 0 Å². The third kappa shape index (κ3) is 2.27. The molecule has 0 aliphatic rings. The van der Waals surface area contributed by atoms with Gasteiger partial charge in [0.1, 0.15) is 23.0 Å². The van der Waals surface area contributed by atoms with Crippen molar-refractivity contribution in [2.45, 2.75) is 6.92 Å². The molecule has 3 aromatic rings. The van der Waals surface area contributed by atoms with Gasteiger partial charge in [-0.05, 0) is 36.8 Å². The summed E-state index contributed by atoms with van der Waals surface area (Å²) in [6, 6.07) is 11.6. The summed E-state index contributed by atoms with van der Waals surface area (Å²) in [6.07, 6.45) is 0. The van der Waals surface area contributed by atoms with E-state index in [1.807, 2.05) is 50.4 Å². The first kappa shape index (κ1) is 13.3. The van der Waals surface area contributed by atoms with Crippen LogP contribution in [0.15, 0.2) is 40.8 Å². The summed E-state index contributed by atoms with van der Waals surface area (Å²) in [6.45, 7) is 1.90. The Kier molecular flexibility index (Phi) is 3.17. The Morgan fingerprint density at radius 1 is 1.24 bits per heavy atom. The molecule has 5 heteroatoms. The van der Waals surface area contributed by atoms with Crippen molar-refractivity contribution >= 4 is 5.82 Å². The number of nitrogen functional groups attached to an aromatic ring is 1. The molecule has 5 nitrogen and oxygen atoms in total. The smallest absolute Gasteiger partial charge is 0.155 e. The molecule has 0 aliphatic heterocycles. The molecule has 0 radical (unpaired) electrons. The first-order valence-electron chi connectivity index (χ1n) is 6.64. The zero-order valence-corrected chi connectivity index (χ0v) is 12.3. The molecule has 0 spiro atoms. The predicted octanol–water partition coefficient (Wildman–Crippen LogP) is 3.25. The van der Waals surface area contributed by atoms with Crippen molar-refractivity contribution in [1.82, 2.24) is 9.78 Å². The predicted molar refractivity (Wildman–Crippen MR) is 82.0 cm³/mol. The van der Waals surface area contributed by atoms with E-state index in [1.54, 1.807) is 11.8 Å². The number of nitrogens with two attached hydrogens (primary N) is 1. The van der Waals surface area contributed by atoms with Gasteiger partial charge in [-0.2, -0.15) is 5.10 Å². The fourth-order valence-corrected chi connectivity index (χ4v) is 2.33. The Morgan fingerprint density at radius 2 is 2.05 bits per heavy atom. The average Bonchev–Trinajstić information content (AvgIpc) is 3.04. The fraction of sp³-hybridized carbons (Fsp3) is 0.188. The van der Waals surface area contributed by atoms with Crippen LogP contribution in [0.3, 0.4) is 0 Å². The van der Waals surface area contributed by atoms with E-state index in [2.05, 4.69) is 5.10 Å². The van der Waals surface area contributed by atoms with Gasteiger partial charge in [-0.3, -0.25) is 4.68 Å². The Bertz CT molecular complexity index is 787. The standard InChI is InChI=1S/C16H17N3O2/c1-10-7-8-13(21-10)15-14(16(17)19(2)18-15)11-5-4-6-12(9-11)20-3/h4-9H,17H2,1-3H3. The molecule has 0 amide bonds. The zero-order chi connectivity index (χ0) is 15.0. The lowest BCUT2D eigenvalue weighted by molar-refractivity contribution is 0.415. The van der Waals surface area contributed by atoms with Crippen LogP contribution in [0.4, 0.5) is 5.82 Å². The SMILES string of the molecule is COc1cccc(-c2c(-c3ccc(C)o3)nn(C)c2N)c1. The average molecular weight is 283 g/mol. The number of anilines is 1. The minimum atomic E-state index is 0.590. The van der Waals surface area contributed by atoms with Crippen molar-refractivity contribution in [1.29, 1.82) is 0 Å². The van der Waals surface area contributed by atoms with Gasteiger partial charge in [0.25, 0.3) is 0 Å². The number of ether oxygens (including phenoxy) is 1. The molecular weight excluding hydrogens is 266 g/mol. The summed E-state index contributed by atoms with van der Waals surface area (Å²) < 4.78 is 12.6. The highest BCUT2D eigenvalue weighted by Gasteiger charge is 2.19. The van der Waals surface area contributed by atoms with Crippen LogP contribution in [0, 0.1) is 6.92 Å². The minimum absolute atomic E-state index is 0.590. The van der Waals surface area contributed by atoms with E-state index in [-0.39, 0.29) is 0 Å². The van der Waals surface area contributed by atoms with Crippen molar-refractivity contribution in [3.63, 3.8) is 0 Å². The maximum Gasteiger partial charge on any atom is 0.155 e. The van der Waals surface area contributed by atoms with E-state index in [1.165, 1.54) is 0 Å². The summed E-state index contributed by atoms with van der Waals surface area (Å²) in [5, 5.41) is 4.48. The van der Waals surface area contributed by atoms with Gasteiger partial charge >= 0.3 is 0 Å². The second-order valence-electron chi connectivity index (χ2n) is 4.87. The fourth-order valence-electron chi connectivity index (χ4n) is 2.33. The highest BCUT2D eigenvalue weighted by molar-refractivity contribution is 5.87. The summed E-state index contributed by atoms with van der Waals surface area (Å²) in [7, 11) is 3.46. The van der Waals surface area contributed by atoms with Crippen LogP contribution in [-0.2, 0) is 7.05 Å². The Morgan fingerprint density at radius 3 is 2.71 bits per heavy atom. The molecule has 0 bridgehead atoms. The third-order valence-corrected chi connectivity index (χ3v) is 3.42. The lowest BCUT2D eigenvalue weighted by Gasteiger charge is -2.05. The summed E-state index contributed by atoms with van der Waals surface area (Å²) in [5.74, 6) is 2.91. The number of rotatable bonds is 3. The molecule has 0 saturated carbocycles.